The molecule has 0 atom stereocenters. The summed E-state index contributed by atoms with van der Waals surface area (Å²) in [6.45, 7) is 9.91. The first-order chi connectivity index (χ1) is 11.6. The SMILES string of the molecule is CCN(CC)CCCOc1ccc(-n2ccc(=O)c(O)c2C)cc1. The van der Waals surface area contributed by atoms with Crippen LogP contribution in [0.25, 0.3) is 5.69 Å². The van der Waals surface area contributed by atoms with Crippen molar-refractivity contribution in [3.05, 3.63) is 52.4 Å². The third-order valence-corrected chi connectivity index (χ3v) is 4.21. The highest BCUT2D eigenvalue weighted by molar-refractivity contribution is 5.41. The molecule has 0 amide bonds. The molecule has 0 aliphatic heterocycles. The first-order valence-electron chi connectivity index (χ1n) is 8.43. The van der Waals surface area contributed by atoms with Crippen LogP contribution in [0, 0.1) is 6.92 Å². The van der Waals surface area contributed by atoms with Crippen molar-refractivity contribution in [1.82, 2.24) is 9.47 Å². The maximum atomic E-state index is 11.4. The van der Waals surface area contributed by atoms with Crippen molar-refractivity contribution in [2.24, 2.45) is 0 Å². The first kappa shape index (κ1) is 18.1. The second-order valence-corrected chi connectivity index (χ2v) is 5.71. The smallest absolute Gasteiger partial charge is 0.223 e. The van der Waals surface area contributed by atoms with Crippen LogP contribution in [-0.2, 0) is 0 Å². The number of ether oxygens (including phenoxy) is 1. The van der Waals surface area contributed by atoms with E-state index < -0.39 is 0 Å². The van der Waals surface area contributed by atoms with Crippen LogP contribution in [0.2, 0.25) is 0 Å². The minimum Gasteiger partial charge on any atom is -0.503 e. The van der Waals surface area contributed by atoms with Gasteiger partial charge in [-0.2, -0.15) is 0 Å². The van der Waals surface area contributed by atoms with E-state index in [2.05, 4.69) is 18.7 Å². The summed E-state index contributed by atoms with van der Waals surface area (Å²) in [7, 11) is 0. The Hall–Kier alpha value is -2.27. The molecule has 24 heavy (non-hydrogen) atoms. The van der Waals surface area contributed by atoms with Gasteiger partial charge in [0.15, 0.2) is 5.75 Å². The van der Waals surface area contributed by atoms with E-state index in [9.17, 15) is 9.90 Å². The lowest BCUT2D eigenvalue weighted by atomic mass is 10.2. The first-order valence-corrected chi connectivity index (χ1v) is 8.43. The monoisotopic (exact) mass is 330 g/mol. The molecule has 2 rings (SSSR count). The lowest BCUT2D eigenvalue weighted by molar-refractivity contribution is 0.249. The minimum atomic E-state index is -0.364. The molecule has 1 aromatic heterocycles. The van der Waals surface area contributed by atoms with Crippen LogP contribution in [-0.4, -0.2) is 40.8 Å². The van der Waals surface area contributed by atoms with Gasteiger partial charge in [-0.1, -0.05) is 13.8 Å². The third-order valence-electron chi connectivity index (χ3n) is 4.21. The maximum absolute atomic E-state index is 11.4. The van der Waals surface area contributed by atoms with Gasteiger partial charge in [-0.05, 0) is 50.7 Å². The Morgan fingerprint density at radius 3 is 2.42 bits per heavy atom. The summed E-state index contributed by atoms with van der Waals surface area (Å²) in [5, 5.41) is 9.77. The average Bonchev–Trinajstić information content (AvgIpc) is 2.61. The van der Waals surface area contributed by atoms with Crippen molar-refractivity contribution in [3.63, 3.8) is 0 Å². The summed E-state index contributed by atoms with van der Waals surface area (Å²) in [6.07, 6.45) is 2.66. The van der Waals surface area contributed by atoms with Gasteiger partial charge in [0.05, 0.1) is 12.3 Å². The van der Waals surface area contributed by atoms with Gasteiger partial charge in [0.2, 0.25) is 5.43 Å². The van der Waals surface area contributed by atoms with Crippen molar-refractivity contribution < 1.29 is 9.84 Å². The van der Waals surface area contributed by atoms with Crippen LogP contribution in [0.4, 0.5) is 0 Å². The minimum absolute atomic E-state index is 0.214. The van der Waals surface area contributed by atoms with E-state index in [4.69, 9.17) is 4.74 Å². The fraction of sp³-hybridized carbons (Fsp3) is 0.421. The molecule has 130 valence electrons. The molecule has 1 N–H and O–H groups in total. The summed E-state index contributed by atoms with van der Waals surface area (Å²) in [5.41, 5.74) is 1.03. The molecule has 0 radical (unpaired) electrons. The topological polar surface area (TPSA) is 54.7 Å². The second kappa shape index (κ2) is 8.55. The van der Waals surface area contributed by atoms with Crippen LogP contribution in [0.15, 0.2) is 41.3 Å². The van der Waals surface area contributed by atoms with Crippen LogP contribution in [0.3, 0.4) is 0 Å². The molecule has 5 heteroatoms. The Kier molecular flexibility index (Phi) is 6.44. The van der Waals surface area contributed by atoms with Crippen LogP contribution < -0.4 is 10.2 Å². The van der Waals surface area contributed by atoms with Crippen molar-refractivity contribution in [2.45, 2.75) is 27.2 Å². The average molecular weight is 330 g/mol. The maximum Gasteiger partial charge on any atom is 0.223 e. The highest BCUT2D eigenvalue weighted by Crippen LogP contribution is 2.19. The molecule has 1 heterocycles. The number of benzene rings is 1. The van der Waals surface area contributed by atoms with Gasteiger partial charge in [-0.3, -0.25) is 4.79 Å². The summed E-state index contributed by atoms with van der Waals surface area (Å²) >= 11 is 0. The van der Waals surface area contributed by atoms with Gasteiger partial charge in [0, 0.05) is 24.5 Å². The number of rotatable bonds is 8. The van der Waals surface area contributed by atoms with E-state index in [1.165, 1.54) is 6.07 Å². The standard InChI is InChI=1S/C19H26N2O3/c1-4-20(5-2)12-6-14-24-17-9-7-16(8-10-17)21-13-11-18(22)19(23)15(21)3/h7-11,13,23H,4-6,12,14H2,1-3H3. The molecule has 0 saturated carbocycles. The van der Waals surface area contributed by atoms with E-state index in [1.807, 2.05) is 24.3 Å². The van der Waals surface area contributed by atoms with Gasteiger partial charge < -0.3 is 19.3 Å². The molecule has 0 aliphatic carbocycles. The van der Waals surface area contributed by atoms with Crippen molar-refractivity contribution >= 4 is 0 Å². The molecule has 0 aliphatic rings. The molecule has 0 spiro atoms. The quantitative estimate of drug-likeness (QED) is 0.756. The number of hydrogen-bond donors (Lipinski definition) is 1. The molecule has 0 saturated heterocycles. The zero-order valence-electron chi connectivity index (χ0n) is 14.7. The number of pyridine rings is 1. The largest absolute Gasteiger partial charge is 0.503 e. The summed E-state index contributed by atoms with van der Waals surface area (Å²) in [5.74, 6) is 0.607. The van der Waals surface area contributed by atoms with Gasteiger partial charge >= 0.3 is 0 Å². The highest BCUT2D eigenvalue weighted by atomic mass is 16.5. The highest BCUT2D eigenvalue weighted by Gasteiger charge is 2.07. The fourth-order valence-electron chi connectivity index (χ4n) is 2.63. The van der Waals surface area contributed by atoms with E-state index in [0.717, 1.165) is 37.5 Å². The van der Waals surface area contributed by atoms with E-state index >= 15 is 0 Å². The van der Waals surface area contributed by atoms with Gasteiger partial charge in [-0.15, -0.1) is 0 Å². The molecule has 2 aromatic rings. The molecule has 1 aromatic carbocycles. The number of aromatic nitrogens is 1. The number of nitrogens with zero attached hydrogens (tertiary/aromatic N) is 2. The molecular formula is C19H26N2O3. The molecule has 0 unspecified atom stereocenters. The van der Waals surface area contributed by atoms with E-state index in [-0.39, 0.29) is 11.2 Å². The predicted octanol–water partition coefficient (Wildman–Crippen LogP) is 2.96. The summed E-state index contributed by atoms with van der Waals surface area (Å²) < 4.78 is 7.55. The molecule has 0 bridgehead atoms. The van der Waals surface area contributed by atoms with Gasteiger partial charge in [0.25, 0.3) is 0 Å². The van der Waals surface area contributed by atoms with Crippen molar-refractivity contribution in [2.75, 3.05) is 26.2 Å². The Bertz CT molecular complexity index is 704. The van der Waals surface area contributed by atoms with Gasteiger partial charge in [-0.25, -0.2) is 0 Å². The Morgan fingerprint density at radius 2 is 1.79 bits per heavy atom. The summed E-state index contributed by atoms with van der Waals surface area (Å²) in [6, 6.07) is 9.00. The Balaban J connectivity index is 1.96. The van der Waals surface area contributed by atoms with Crippen LogP contribution in [0.1, 0.15) is 26.0 Å². The van der Waals surface area contributed by atoms with Crippen molar-refractivity contribution in [1.29, 1.82) is 0 Å². The van der Waals surface area contributed by atoms with E-state index in [1.54, 1.807) is 17.7 Å². The third kappa shape index (κ3) is 4.38. The zero-order chi connectivity index (χ0) is 17.5. The second-order valence-electron chi connectivity index (χ2n) is 5.71. The Morgan fingerprint density at radius 1 is 1.12 bits per heavy atom. The fourth-order valence-corrected chi connectivity index (χ4v) is 2.63. The lowest BCUT2D eigenvalue weighted by Gasteiger charge is -2.17. The molecular weight excluding hydrogens is 304 g/mol. The number of aromatic hydroxyl groups is 1. The lowest BCUT2D eigenvalue weighted by Crippen LogP contribution is -2.25. The molecule has 5 nitrogen and oxygen atoms in total. The van der Waals surface area contributed by atoms with E-state index in [0.29, 0.717) is 12.3 Å². The normalized spacial score (nSPS) is 11.0. The summed E-state index contributed by atoms with van der Waals surface area (Å²) in [4.78, 5) is 13.8. The van der Waals surface area contributed by atoms with Crippen LogP contribution >= 0.6 is 0 Å². The van der Waals surface area contributed by atoms with Crippen LogP contribution in [0.5, 0.6) is 11.5 Å². The van der Waals surface area contributed by atoms with Gasteiger partial charge in [0.1, 0.15) is 5.75 Å². The Labute approximate surface area is 143 Å². The zero-order valence-corrected chi connectivity index (χ0v) is 14.7. The van der Waals surface area contributed by atoms with Crippen molar-refractivity contribution in [3.8, 4) is 17.2 Å². The molecule has 0 fully saturated rings. The number of hydrogen-bond acceptors (Lipinski definition) is 4. The predicted molar refractivity (Wildman–Crippen MR) is 96.3 cm³/mol.